The first-order valence-electron chi connectivity index (χ1n) is 3.64. The Balaban J connectivity index is 4.81. The summed E-state index contributed by atoms with van der Waals surface area (Å²) in [5.74, 6) is -4.84. The summed E-state index contributed by atoms with van der Waals surface area (Å²) in [7, 11) is 0. The second-order valence-electron chi connectivity index (χ2n) is 3.00. The molecule has 0 saturated heterocycles. The molecular weight excluding hydrogens is 195 g/mol. The maximum atomic E-state index is 12.7. The Kier molecular flexibility index (Phi) is 3.30. The van der Waals surface area contributed by atoms with E-state index in [0.717, 1.165) is 6.92 Å². The van der Waals surface area contributed by atoms with E-state index in [2.05, 4.69) is 4.74 Å². The average Bonchev–Trinajstić information content (AvgIpc) is 1.84. The minimum absolute atomic E-state index is 0.375. The first-order valence-corrected chi connectivity index (χ1v) is 3.64. The van der Waals surface area contributed by atoms with Gasteiger partial charge in [0.1, 0.15) is 0 Å². The zero-order chi connectivity index (χ0) is 10.9. The molecule has 0 aliphatic carbocycles. The molecule has 0 aliphatic rings. The highest BCUT2D eigenvalue weighted by molar-refractivity contribution is 4.92. The van der Waals surface area contributed by atoms with Crippen LogP contribution in [0.1, 0.15) is 20.8 Å². The number of halogens is 5. The van der Waals surface area contributed by atoms with Crippen LogP contribution in [0.2, 0.25) is 0 Å². The van der Waals surface area contributed by atoms with Gasteiger partial charge in [0, 0.05) is 0 Å². The van der Waals surface area contributed by atoms with Gasteiger partial charge in [-0.25, -0.2) is 4.39 Å². The lowest BCUT2D eigenvalue weighted by Crippen LogP contribution is -2.54. The van der Waals surface area contributed by atoms with Crippen LogP contribution in [0.4, 0.5) is 22.0 Å². The van der Waals surface area contributed by atoms with Gasteiger partial charge in [-0.3, -0.25) is 0 Å². The van der Waals surface area contributed by atoms with E-state index in [1.807, 2.05) is 0 Å². The zero-order valence-electron chi connectivity index (χ0n) is 7.51. The molecule has 0 aromatic carbocycles. The Bertz CT molecular complexity index is 172. The van der Waals surface area contributed by atoms with E-state index in [1.54, 1.807) is 0 Å². The van der Waals surface area contributed by atoms with Gasteiger partial charge in [0.05, 0.1) is 6.61 Å². The topological polar surface area (TPSA) is 9.23 Å². The quantitative estimate of drug-likeness (QED) is 0.642. The molecule has 80 valence electrons. The van der Waals surface area contributed by atoms with Crippen molar-refractivity contribution in [1.82, 2.24) is 0 Å². The van der Waals surface area contributed by atoms with E-state index in [-0.39, 0.29) is 0 Å². The van der Waals surface area contributed by atoms with E-state index in [1.165, 1.54) is 0 Å². The lowest BCUT2D eigenvalue weighted by Gasteiger charge is -2.32. The van der Waals surface area contributed by atoms with Crippen molar-refractivity contribution in [3.05, 3.63) is 0 Å². The molecule has 0 radical (unpaired) electrons. The van der Waals surface area contributed by atoms with Crippen molar-refractivity contribution < 1.29 is 26.7 Å². The molecule has 0 aromatic rings. The molecule has 0 spiro atoms. The van der Waals surface area contributed by atoms with Gasteiger partial charge in [-0.05, 0) is 20.8 Å². The fourth-order valence-corrected chi connectivity index (χ4v) is 0.618. The van der Waals surface area contributed by atoms with Crippen LogP contribution in [0.3, 0.4) is 0 Å². The minimum atomic E-state index is -4.84. The molecule has 0 unspecified atom stereocenters. The van der Waals surface area contributed by atoms with E-state index < -0.39 is 24.3 Å². The van der Waals surface area contributed by atoms with Crippen LogP contribution >= 0.6 is 0 Å². The lowest BCUT2D eigenvalue weighted by molar-refractivity contribution is -0.373. The van der Waals surface area contributed by atoms with Crippen LogP contribution < -0.4 is 0 Å². The molecule has 13 heavy (non-hydrogen) atoms. The Labute approximate surface area is 72.9 Å². The van der Waals surface area contributed by atoms with Gasteiger partial charge in [0.25, 0.3) is 0 Å². The molecule has 0 rings (SSSR count). The fraction of sp³-hybridized carbons (Fsp3) is 1.00. The number of ether oxygens (including phenoxy) is 1. The molecular formula is C7H11F5O. The van der Waals surface area contributed by atoms with E-state index in [9.17, 15) is 22.0 Å². The predicted octanol–water partition coefficient (Wildman–Crippen LogP) is 3.00. The first kappa shape index (κ1) is 12.6. The molecule has 0 saturated carbocycles. The van der Waals surface area contributed by atoms with Gasteiger partial charge in [0.2, 0.25) is 0 Å². The van der Waals surface area contributed by atoms with Gasteiger partial charge in [0.15, 0.2) is 5.67 Å². The summed E-state index contributed by atoms with van der Waals surface area (Å²) in [5, 5.41) is 0. The van der Waals surface area contributed by atoms with Crippen molar-refractivity contribution in [3.8, 4) is 0 Å². The molecule has 1 nitrogen and oxygen atoms in total. The maximum Gasteiger partial charge on any atom is 0.422 e. The predicted molar refractivity (Wildman–Crippen MR) is 36.7 cm³/mol. The molecule has 0 bridgehead atoms. The molecule has 0 heterocycles. The molecule has 0 amide bonds. The first-order chi connectivity index (χ1) is 5.56. The van der Waals surface area contributed by atoms with E-state index >= 15 is 0 Å². The number of rotatable bonds is 4. The Hall–Kier alpha value is -0.390. The van der Waals surface area contributed by atoms with Crippen molar-refractivity contribution in [2.45, 2.75) is 38.5 Å². The number of alkyl halides is 5. The normalized spacial score (nSPS) is 14.8. The Morgan fingerprint density at radius 1 is 1.00 bits per heavy atom. The van der Waals surface area contributed by atoms with Gasteiger partial charge in [-0.2, -0.15) is 17.6 Å². The van der Waals surface area contributed by atoms with Crippen LogP contribution in [-0.2, 0) is 4.74 Å². The zero-order valence-corrected chi connectivity index (χ0v) is 7.51. The maximum absolute atomic E-state index is 12.7. The largest absolute Gasteiger partial charge is 0.422 e. The molecule has 0 N–H and O–H groups in total. The summed E-state index contributed by atoms with van der Waals surface area (Å²) < 4.78 is 66.4. The fourth-order valence-electron chi connectivity index (χ4n) is 0.618. The van der Waals surface area contributed by atoms with Crippen molar-refractivity contribution in [1.29, 1.82) is 0 Å². The second-order valence-corrected chi connectivity index (χ2v) is 3.00. The van der Waals surface area contributed by atoms with Crippen molar-refractivity contribution >= 4 is 0 Å². The number of hydrogen-bond donors (Lipinski definition) is 0. The van der Waals surface area contributed by atoms with Crippen LogP contribution in [-0.4, -0.2) is 24.3 Å². The van der Waals surface area contributed by atoms with Crippen molar-refractivity contribution in [2.24, 2.45) is 0 Å². The third-order valence-electron chi connectivity index (χ3n) is 1.44. The van der Waals surface area contributed by atoms with Crippen molar-refractivity contribution in [3.63, 3.8) is 0 Å². The van der Waals surface area contributed by atoms with Crippen LogP contribution in [0, 0.1) is 0 Å². The molecule has 0 atom stereocenters. The summed E-state index contributed by atoms with van der Waals surface area (Å²) in [4.78, 5) is 0. The van der Waals surface area contributed by atoms with Crippen LogP contribution in [0.25, 0.3) is 0 Å². The Morgan fingerprint density at radius 2 is 1.38 bits per heavy atom. The van der Waals surface area contributed by atoms with Gasteiger partial charge in [-0.15, -0.1) is 0 Å². The van der Waals surface area contributed by atoms with Crippen LogP contribution in [0.15, 0.2) is 0 Å². The Morgan fingerprint density at radius 3 is 1.62 bits per heavy atom. The second kappa shape index (κ2) is 3.40. The van der Waals surface area contributed by atoms with Crippen LogP contribution in [0.5, 0.6) is 0 Å². The molecule has 0 aromatic heterocycles. The number of hydrogen-bond acceptors (Lipinski definition) is 1. The summed E-state index contributed by atoms with van der Waals surface area (Å²) >= 11 is 0. The highest BCUT2D eigenvalue weighted by atomic mass is 19.3. The van der Waals surface area contributed by atoms with Gasteiger partial charge in [-0.1, -0.05) is 0 Å². The van der Waals surface area contributed by atoms with Gasteiger partial charge >= 0.3 is 12.0 Å². The summed E-state index contributed by atoms with van der Waals surface area (Å²) in [6.07, 6.45) is -4.78. The lowest BCUT2D eigenvalue weighted by atomic mass is 10.0. The molecule has 0 aliphatic heterocycles. The smallest absolute Gasteiger partial charge is 0.316 e. The van der Waals surface area contributed by atoms with Gasteiger partial charge < -0.3 is 4.74 Å². The highest BCUT2D eigenvalue weighted by Gasteiger charge is 2.67. The standard InChI is InChI=1S/C7H11F5O/c1-4-13-7(11,12)6(9,10)5(2,3)8/h4H2,1-3H3. The highest BCUT2D eigenvalue weighted by Crippen LogP contribution is 2.44. The minimum Gasteiger partial charge on any atom is -0.316 e. The monoisotopic (exact) mass is 206 g/mol. The van der Waals surface area contributed by atoms with E-state index in [4.69, 9.17) is 0 Å². The third-order valence-corrected chi connectivity index (χ3v) is 1.44. The SMILES string of the molecule is CCOC(F)(F)C(F)(F)C(C)(C)F. The summed E-state index contributed by atoms with van der Waals surface area (Å²) in [5.41, 5.74) is -3.33. The summed E-state index contributed by atoms with van der Waals surface area (Å²) in [6, 6.07) is 0. The third kappa shape index (κ3) is 2.30. The van der Waals surface area contributed by atoms with Crippen molar-refractivity contribution in [2.75, 3.05) is 6.61 Å². The average molecular weight is 206 g/mol. The molecule has 0 fully saturated rings. The summed E-state index contributed by atoms with van der Waals surface area (Å²) in [6.45, 7) is 1.26. The van der Waals surface area contributed by atoms with E-state index in [0.29, 0.717) is 13.8 Å². The molecule has 6 heteroatoms.